The lowest BCUT2D eigenvalue weighted by molar-refractivity contribution is -0.137. The number of aliphatic hydroxyl groups is 1. The van der Waals surface area contributed by atoms with Gasteiger partial charge in [0.1, 0.15) is 0 Å². The number of nitrogens with two attached hydrogens (primary N) is 1. The SMILES string of the molecule is CC(C)(O)c1cc(C#N)cc(C(N)CC(=O)O)c1. The molecule has 1 atom stereocenters. The fraction of sp³-hybridized carbons (Fsp3) is 0.385. The standard InChI is InChI=1S/C13H16N2O3/c1-13(2,18)10-4-8(7-14)3-9(5-10)11(15)6-12(16)17/h3-5,11,18H,6,15H2,1-2H3,(H,16,17). The van der Waals surface area contributed by atoms with Crippen molar-refractivity contribution in [1.29, 1.82) is 5.26 Å². The Morgan fingerprint density at radius 2 is 2.11 bits per heavy atom. The van der Waals surface area contributed by atoms with Gasteiger partial charge in [0.2, 0.25) is 0 Å². The lowest BCUT2D eigenvalue weighted by Gasteiger charge is -2.20. The summed E-state index contributed by atoms with van der Waals surface area (Å²) in [7, 11) is 0. The number of nitriles is 1. The summed E-state index contributed by atoms with van der Waals surface area (Å²) >= 11 is 0. The van der Waals surface area contributed by atoms with Gasteiger partial charge in [-0.15, -0.1) is 0 Å². The minimum absolute atomic E-state index is 0.222. The zero-order chi connectivity index (χ0) is 13.9. The van der Waals surface area contributed by atoms with Crippen LogP contribution in [-0.2, 0) is 10.4 Å². The highest BCUT2D eigenvalue weighted by Gasteiger charge is 2.20. The lowest BCUT2D eigenvalue weighted by atomic mass is 9.91. The fourth-order valence-corrected chi connectivity index (χ4v) is 1.59. The summed E-state index contributed by atoms with van der Waals surface area (Å²) in [6, 6.07) is 6.02. The highest BCUT2D eigenvalue weighted by molar-refractivity contribution is 5.68. The molecule has 0 aliphatic carbocycles. The van der Waals surface area contributed by atoms with E-state index >= 15 is 0 Å². The Bertz CT molecular complexity index is 498. The maximum atomic E-state index is 10.6. The quantitative estimate of drug-likeness (QED) is 0.743. The second-order valence-electron chi connectivity index (χ2n) is 4.72. The number of benzene rings is 1. The first kappa shape index (κ1) is 14.2. The zero-order valence-corrected chi connectivity index (χ0v) is 10.3. The van der Waals surface area contributed by atoms with Crippen LogP contribution in [0.15, 0.2) is 18.2 Å². The van der Waals surface area contributed by atoms with Crippen LogP contribution < -0.4 is 5.73 Å². The van der Waals surface area contributed by atoms with Crippen molar-refractivity contribution in [2.45, 2.75) is 31.9 Å². The van der Waals surface area contributed by atoms with Crippen LogP contribution in [0, 0.1) is 11.3 Å². The van der Waals surface area contributed by atoms with Crippen LogP contribution in [0.4, 0.5) is 0 Å². The summed E-state index contributed by atoms with van der Waals surface area (Å²) in [4.78, 5) is 10.6. The topological polar surface area (TPSA) is 107 Å². The summed E-state index contributed by atoms with van der Waals surface area (Å²) in [6.45, 7) is 3.19. The number of carboxylic acids is 1. The van der Waals surface area contributed by atoms with Crippen LogP contribution in [0.25, 0.3) is 0 Å². The van der Waals surface area contributed by atoms with Gasteiger partial charge in [-0.1, -0.05) is 6.07 Å². The average Bonchev–Trinajstić information content (AvgIpc) is 2.26. The molecule has 0 bridgehead atoms. The fourth-order valence-electron chi connectivity index (χ4n) is 1.59. The van der Waals surface area contributed by atoms with Crippen molar-refractivity contribution >= 4 is 5.97 Å². The highest BCUT2D eigenvalue weighted by Crippen LogP contribution is 2.25. The first-order chi connectivity index (χ1) is 8.24. The predicted octanol–water partition coefficient (Wildman–Crippen LogP) is 1.26. The molecule has 96 valence electrons. The molecule has 0 radical (unpaired) electrons. The third-order valence-corrected chi connectivity index (χ3v) is 2.61. The van der Waals surface area contributed by atoms with Crippen LogP contribution in [0.5, 0.6) is 0 Å². The molecular formula is C13H16N2O3. The van der Waals surface area contributed by atoms with E-state index in [1.807, 2.05) is 6.07 Å². The Morgan fingerprint density at radius 3 is 2.56 bits per heavy atom. The monoisotopic (exact) mass is 248 g/mol. The first-order valence-electron chi connectivity index (χ1n) is 5.49. The van der Waals surface area contributed by atoms with Gasteiger partial charge in [0.15, 0.2) is 0 Å². The molecule has 0 amide bonds. The van der Waals surface area contributed by atoms with Gasteiger partial charge in [-0.05, 0) is 37.1 Å². The van der Waals surface area contributed by atoms with Gasteiger partial charge in [0.25, 0.3) is 0 Å². The van der Waals surface area contributed by atoms with Crippen molar-refractivity contribution in [3.05, 3.63) is 34.9 Å². The van der Waals surface area contributed by atoms with Gasteiger partial charge in [0.05, 0.1) is 23.7 Å². The highest BCUT2D eigenvalue weighted by atomic mass is 16.4. The third kappa shape index (κ3) is 3.55. The summed E-state index contributed by atoms with van der Waals surface area (Å²) in [6.07, 6.45) is -0.222. The largest absolute Gasteiger partial charge is 0.481 e. The molecule has 0 saturated carbocycles. The Labute approximate surface area is 105 Å². The Morgan fingerprint density at radius 1 is 1.50 bits per heavy atom. The summed E-state index contributed by atoms with van der Waals surface area (Å²) < 4.78 is 0. The van der Waals surface area contributed by atoms with Gasteiger partial charge in [-0.2, -0.15) is 5.26 Å². The van der Waals surface area contributed by atoms with E-state index < -0.39 is 17.6 Å². The van der Waals surface area contributed by atoms with Crippen molar-refractivity contribution in [1.82, 2.24) is 0 Å². The lowest BCUT2D eigenvalue weighted by Crippen LogP contribution is -2.19. The van der Waals surface area contributed by atoms with E-state index in [1.54, 1.807) is 32.0 Å². The number of nitrogens with zero attached hydrogens (tertiary/aromatic N) is 1. The van der Waals surface area contributed by atoms with E-state index in [2.05, 4.69) is 0 Å². The molecule has 5 heteroatoms. The summed E-state index contributed by atoms with van der Waals surface area (Å²) in [5, 5.41) is 27.6. The minimum atomic E-state index is -1.11. The second kappa shape index (κ2) is 5.17. The first-order valence-corrected chi connectivity index (χ1v) is 5.49. The Hall–Kier alpha value is -1.90. The number of carboxylic acid groups (broad SMARTS) is 1. The van der Waals surface area contributed by atoms with Crippen molar-refractivity contribution in [3.8, 4) is 6.07 Å². The number of rotatable bonds is 4. The molecule has 0 aliphatic rings. The van der Waals surface area contributed by atoms with Crippen molar-refractivity contribution < 1.29 is 15.0 Å². The van der Waals surface area contributed by atoms with Crippen molar-refractivity contribution in [2.75, 3.05) is 0 Å². The van der Waals surface area contributed by atoms with E-state index in [9.17, 15) is 9.90 Å². The van der Waals surface area contributed by atoms with Gasteiger partial charge >= 0.3 is 5.97 Å². The van der Waals surface area contributed by atoms with Crippen LogP contribution in [0.1, 0.15) is 43.0 Å². The van der Waals surface area contributed by atoms with Crippen LogP contribution >= 0.6 is 0 Å². The summed E-state index contributed by atoms with van der Waals surface area (Å²) in [5.74, 6) is -1.00. The van der Waals surface area contributed by atoms with Crippen LogP contribution in [0.3, 0.4) is 0 Å². The van der Waals surface area contributed by atoms with Gasteiger partial charge < -0.3 is 15.9 Å². The second-order valence-corrected chi connectivity index (χ2v) is 4.72. The molecule has 0 fully saturated rings. The smallest absolute Gasteiger partial charge is 0.305 e. The van der Waals surface area contributed by atoms with Crippen molar-refractivity contribution in [3.63, 3.8) is 0 Å². The molecule has 0 saturated heterocycles. The predicted molar refractivity (Wildman–Crippen MR) is 65.6 cm³/mol. The zero-order valence-electron chi connectivity index (χ0n) is 10.3. The Kier molecular flexibility index (Phi) is 4.07. The van der Waals surface area contributed by atoms with E-state index in [0.29, 0.717) is 16.7 Å². The van der Waals surface area contributed by atoms with Gasteiger partial charge in [-0.25, -0.2) is 0 Å². The number of carbonyl (C=O) groups is 1. The molecule has 1 unspecified atom stereocenters. The Balaban J connectivity index is 3.21. The van der Waals surface area contributed by atoms with Crippen LogP contribution in [0.2, 0.25) is 0 Å². The molecule has 4 N–H and O–H groups in total. The average molecular weight is 248 g/mol. The third-order valence-electron chi connectivity index (χ3n) is 2.61. The molecule has 0 aromatic heterocycles. The number of aliphatic carboxylic acids is 1. The molecule has 1 aromatic rings. The van der Waals surface area contributed by atoms with Crippen molar-refractivity contribution in [2.24, 2.45) is 5.73 Å². The molecular weight excluding hydrogens is 232 g/mol. The van der Waals surface area contributed by atoms with Crippen LogP contribution in [-0.4, -0.2) is 16.2 Å². The molecule has 18 heavy (non-hydrogen) atoms. The van der Waals surface area contributed by atoms with E-state index in [4.69, 9.17) is 16.1 Å². The molecule has 0 spiro atoms. The molecule has 1 rings (SSSR count). The number of hydrogen-bond donors (Lipinski definition) is 3. The number of hydrogen-bond acceptors (Lipinski definition) is 4. The maximum Gasteiger partial charge on any atom is 0.305 e. The summed E-state index contributed by atoms with van der Waals surface area (Å²) in [5.41, 5.74) is 6.08. The molecule has 0 aliphatic heterocycles. The van der Waals surface area contributed by atoms with E-state index in [1.165, 1.54) is 0 Å². The van der Waals surface area contributed by atoms with E-state index in [0.717, 1.165) is 0 Å². The van der Waals surface area contributed by atoms with Gasteiger partial charge in [0, 0.05) is 6.04 Å². The normalized spacial score (nSPS) is 12.8. The maximum absolute atomic E-state index is 10.6. The minimum Gasteiger partial charge on any atom is -0.481 e. The van der Waals surface area contributed by atoms with Gasteiger partial charge in [-0.3, -0.25) is 4.79 Å². The van der Waals surface area contributed by atoms with E-state index in [-0.39, 0.29) is 6.42 Å². The molecule has 1 aromatic carbocycles. The molecule has 0 heterocycles. The molecule has 5 nitrogen and oxygen atoms in total.